The smallest absolute Gasteiger partial charge is 0.0628 e. The molecule has 0 radical (unpaired) electrons. The zero-order chi connectivity index (χ0) is 15.5. The Balaban J connectivity index is 1.90. The van der Waals surface area contributed by atoms with Crippen LogP contribution in [0.5, 0.6) is 0 Å². The predicted octanol–water partition coefficient (Wildman–Crippen LogP) is 3.00. The highest BCUT2D eigenvalue weighted by atomic mass is 16.5. The summed E-state index contributed by atoms with van der Waals surface area (Å²) in [5.41, 5.74) is 4.08. The van der Waals surface area contributed by atoms with Crippen molar-refractivity contribution in [1.82, 2.24) is 15.1 Å². The molecule has 1 atom stereocenters. The quantitative estimate of drug-likeness (QED) is 0.876. The van der Waals surface area contributed by atoms with Gasteiger partial charge in [0, 0.05) is 24.4 Å². The van der Waals surface area contributed by atoms with Gasteiger partial charge in [-0.05, 0) is 72.4 Å². The first-order valence-electron chi connectivity index (χ1n) is 8.26. The Hall–Kier alpha value is -0.870. The third-order valence-corrected chi connectivity index (χ3v) is 4.25. The minimum absolute atomic E-state index is 0.178. The van der Waals surface area contributed by atoms with E-state index < -0.39 is 0 Å². The maximum absolute atomic E-state index is 5.70. The maximum Gasteiger partial charge on any atom is 0.0628 e. The topological polar surface area (TPSA) is 39.1 Å². The molecule has 0 aliphatic carbocycles. The van der Waals surface area contributed by atoms with E-state index in [1.807, 2.05) is 0 Å². The number of ether oxygens (including phenoxy) is 1. The van der Waals surface area contributed by atoms with E-state index in [4.69, 9.17) is 9.84 Å². The van der Waals surface area contributed by atoms with Crippen molar-refractivity contribution in [2.24, 2.45) is 0 Å². The Morgan fingerprint density at radius 2 is 2.10 bits per heavy atom. The molecular weight excluding hydrogens is 262 g/mol. The molecule has 1 aliphatic heterocycles. The van der Waals surface area contributed by atoms with Crippen molar-refractivity contribution in [3.8, 4) is 0 Å². The van der Waals surface area contributed by atoms with Gasteiger partial charge in [-0.1, -0.05) is 0 Å². The SMILES string of the molecule is Cc1nn(CCC2CCCO2)c(C)c1CCNC(C)(C)C. The number of hydrogen-bond donors (Lipinski definition) is 1. The summed E-state index contributed by atoms with van der Waals surface area (Å²) in [4.78, 5) is 0. The molecule has 2 heterocycles. The van der Waals surface area contributed by atoms with Gasteiger partial charge >= 0.3 is 0 Å². The van der Waals surface area contributed by atoms with Crippen LogP contribution in [0, 0.1) is 13.8 Å². The monoisotopic (exact) mass is 293 g/mol. The fourth-order valence-electron chi connectivity index (χ4n) is 3.01. The number of aryl methyl sites for hydroxylation is 2. The average molecular weight is 293 g/mol. The number of hydrogen-bond acceptors (Lipinski definition) is 3. The third kappa shape index (κ3) is 4.82. The molecule has 4 heteroatoms. The van der Waals surface area contributed by atoms with Crippen molar-refractivity contribution >= 4 is 0 Å². The predicted molar refractivity (Wildman–Crippen MR) is 86.8 cm³/mol. The van der Waals surface area contributed by atoms with Crippen molar-refractivity contribution in [2.75, 3.05) is 13.2 Å². The van der Waals surface area contributed by atoms with Gasteiger partial charge in [0.15, 0.2) is 0 Å². The van der Waals surface area contributed by atoms with Crippen LogP contribution >= 0.6 is 0 Å². The van der Waals surface area contributed by atoms with Crippen LogP contribution in [0.25, 0.3) is 0 Å². The molecule has 1 aromatic rings. The summed E-state index contributed by atoms with van der Waals surface area (Å²) in [5.74, 6) is 0. The van der Waals surface area contributed by atoms with E-state index >= 15 is 0 Å². The van der Waals surface area contributed by atoms with Crippen LogP contribution in [-0.4, -0.2) is 34.6 Å². The molecule has 1 saturated heterocycles. The van der Waals surface area contributed by atoms with E-state index in [1.54, 1.807) is 0 Å². The van der Waals surface area contributed by atoms with Gasteiger partial charge in [0.1, 0.15) is 0 Å². The molecule has 1 unspecified atom stereocenters. The summed E-state index contributed by atoms with van der Waals surface area (Å²) in [6, 6.07) is 0. The Bertz CT molecular complexity index is 453. The van der Waals surface area contributed by atoms with E-state index in [9.17, 15) is 0 Å². The van der Waals surface area contributed by atoms with Gasteiger partial charge < -0.3 is 10.1 Å². The van der Waals surface area contributed by atoms with Crippen molar-refractivity contribution in [3.63, 3.8) is 0 Å². The molecule has 1 N–H and O–H groups in total. The molecule has 1 fully saturated rings. The summed E-state index contributed by atoms with van der Waals surface area (Å²) in [7, 11) is 0. The lowest BCUT2D eigenvalue weighted by Gasteiger charge is -2.20. The largest absolute Gasteiger partial charge is 0.378 e. The first-order chi connectivity index (χ1) is 9.87. The van der Waals surface area contributed by atoms with Crippen LogP contribution in [-0.2, 0) is 17.7 Å². The molecule has 1 aromatic heterocycles. The first-order valence-corrected chi connectivity index (χ1v) is 8.26. The molecule has 0 aromatic carbocycles. The number of rotatable bonds is 6. The lowest BCUT2D eigenvalue weighted by Crippen LogP contribution is -2.37. The summed E-state index contributed by atoms with van der Waals surface area (Å²) >= 11 is 0. The second-order valence-corrected chi connectivity index (χ2v) is 7.22. The van der Waals surface area contributed by atoms with Crippen molar-refractivity contribution in [2.45, 2.75) is 78.5 Å². The van der Waals surface area contributed by atoms with E-state index in [1.165, 1.54) is 29.8 Å². The van der Waals surface area contributed by atoms with Gasteiger partial charge in [0.25, 0.3) is 0 Å². The van der Waals surface area contributed by atoms with Crippen LogP contribution < -0.4 is 5.32 Å². The molecule has 120 valence electrons. The number of aromatic nitrogens is 2. The van der Waals surface area contributed by atoms with Crippen LogP contribution in [0.15, 0.2) is 0 Å². The lowest BCUT2D eigenvalue weighted by atomic mass is 10.1. The molecular formula is C17H31N3O. The summed E-state index contributed by atoms with van der Waals surface area (Å²) < 4.78 is 7.87. The summed E-state index contributed by atoms with van der Waals surface area (Å²) in [5, 5.41) is 8.27. The van der Waals surface area contributed by atoms with Crippen LogP contribution in [0.2, 0.25) is 0 Å². The second kappa shape index (κ2) is 6.93. The highest BCUT2D eigenvalue weighted by Gasteiger charge is 2.17. The zero-order valence-corrected chi connectivity index (χ0v) is 14.3. The van der Waals surface area contributed by atoms with Gasteiger partial charge in [-0.15, -0.1) is 0 Å². The minimum Gasteiger partial charge on any atom is -0.378 e. The van der Waals surface area contributed by atoms with E-state index in [-0.39, 0.29) is 5.54 Å². The van der Waals surface area contributed by atoms with Gasteiger partial charge in [0.2, 0.25) is 0 Å². The van der Waals surface area contributed by atoms with Gasteiger partial charge in [0.05, 0.1) is 11.8 Å². The first kappa shape index (κ1) is 16.5. The van der Waals surface area contributed by atoms with Crippen LogP contribution in [0.3, 0.4) is 0 Å². The molecule has 1 aliphatic rings. The van der Waals surface area contributed by atoms with Crippen LogP contribution in [0.1, 0.15) is 57.0 Å². The minimum atomic E-state index is 0.178. The highest BCUT2D eigenvalue weighted by Crippen LogP contribution is 2.18. The van der Waals surface area contributed by atoms with E-state index in [0.717, 1.165) is 32.5 Å². The van der Waals surface area contributed by atoms with Gasteiger partial charge in [-0.3, -0.25) is 4.68 Å². The Morgan fingerprint density at radius 1 is 1.33 bits per heavy atom. The van der Waals surface area contributed by atoms with Gasteiger partial charge in [-0.2, -0.15) is 5.10 Å². The fourth-order valence-corrected chi connectivity index (χ4v) is 3.01. The fraction of sp³-hybridized carbons (Fsp3) is 0.824. The maximum atomic E-state index is 5.70. The number of nitrogens with one attached hydrogen (secondary N) is 1. The molecule has 0 saturated carbocycles. The van der Waals surface area contributed by atoms with E-state index in [2.05, 4.69) is 44.6 Å². The van der Waals surface area contributed by atoms with Crippen LogP contribution in [0.4, 0.5) is 0 Å². The van der Waals surface area contributed by atoms with Crippen molar-refractivity contribution in [1.29, 1.82) is 0 Å². The average Bonchev–Trinajstić information content (AvgIpc) is 2.98. The Kier molecular flexibility index (Phi) is 5.44. The third-order valence-electron chi connectivity index (χ3n) is 4.25. The second-order valence-electron chi connectivity index (χ2n) is 7.22. The molecule has 0 spiro atoms. The van der Waals surface area contributed by atoms with Crippen molar-refractivity contribution in [3.05, 3.63) is 17.0 Å². The lowest BCUT2D eigenvalue weighted by molar-refractivity contribution is 0.0992. The Labute approximate surface area is 129 Å². The molecule has 21 heavy (non-hydrogen) atoms. The normalized spacial score (nSPS) is 19.4. The number of nitrogens with zero attached hydrogens (tertiary/aromatic N) is 2. The van der Waals surface area contributed by atoms with Gasteiger partial charge in [-0.25, -0.2) is 0 Å². The zero-order valence-electron chi connectivity index (χ0n) is 14.3. The highest BCUT2D eigenvalue weighted by molar-refractivity contribution is 5.24. The standard InChI is InChI=1S/C17H31N3O/c1-13-16(8-10-18-17(3,4)5)14(2)20(19-13)11-9-15-7-6-12-21-15/h15,18H,6-12H2,1-5H3. The van der Waals surface area contributed by atoms with E-state index in [0.29, 0.717) is 6.10 Å². The van der Waals surface area contributed by atoms with Crippen molar-refractivity contribution < 1.29 is 4.74 Å². The summed E-state index contributed by atoms with van der Waals surface area (Å²) in [6.45, 7) is 13.9. The summed E-state index contributed by atoms with van der Waals surface area (Å²) in [6.07, 6.45) is 5.00. The molecule has 0 bridgehead atoms. The molecule has 4 nitrogen and oxygen atoms in total. The Morgan fingerprint density at radius 3 is 2.71 bits per heavy atom. The molecule has 2 rings (SSSR count). The molecule has 0 amide bonds.